The first-order valence-electron chi connectivity index (χ1n) is 11.3. The predicted molar refractivity (Wildman–Crippen MR) is 124 cm³/mol. The highest BCUT2D eigenvalue weighted by atomic mass is 32.2. The molecular formula is C24H27N3O5S. The Kier molecular flexibility index (Phi) is 5.60. The van der Waals surface area contributed by atoms with Gasteiger partial charge in [0.1, 0.15) is 19.0 Å². The molecule has 2 aliphatic rings. The summed E-state index contributed by atoms with van der Waals surface area (Å²) in [5.74, 6) is 0.808. The lowest BCUT2D eigenvalue weighted by molar-refractivity contribution is 0.0452. The largest absolute Gasteiger partial charge is 0.490 e. The van der Waals surface area contributed by atoms with Gasteiger partial charge in [-0.3, -0.25) is 0 Å². The van der Waals surface area contributed by atoms with Crippen molar-refractivity contribution in [2.24, 2.45) is 0 Å². The molecule has 3 heterocycles. The van der Waals surface area contributed by atoms with Crippen LogP contribution in [0.25, 0.3) is 11.0 Å². The average Bonchev–Trinajstić information content (AvgIpc) is 3.49. The third-order valence-corrected chi connectivity index (χ3v) is 7.95. The number of rotatable bonds is 7. The Labute approximate surface area is 192 Å². The molecule has 0 N–H and O–H groups in total. The molecule has 1 aliphatic carbocycles. The molecule has 0 bridgehead atoms. The van der Waals surface area contributed by atoms with Gasteiger partial charge in [-0.05, 0) is 56.9 Å². The van der Waals surface area contributed by atoms with Crippen LogP contribution in [0.3, 0.4) is 0 Å². The lowest BCUT2D eigenvalue weighted by Crippen LogP contribution is -2.15. The van der Waals surface area contributed by atoms with Gasteiger partial charge in [0.05, 0.1) is 34.2 Å². The van der Waals surface area contributed by atoms with Gasteiger partial charge in [-0.1, -0.05) is 12.1 Å². The number of carbonyl (C=O) groups is 1. The average molecular weight is 470 g/mol. The third kappa shape index (κ3) is 4.59. The van der Waals surface area contributed by atoms with Crippen LogP contribution < -0.4 is 4.74 Å². The van der Waals surface area contributed by atoms with Crippen LogP contribution in [0.15, 0.2) is 30.3 Å². The van der Waals surface area contributed by atoms with Crippen molar-refractivity contribution in [3.8, 4) is 5.75 Å². The minimum Gasteiger partial charge on any atom is -0.490 e. The number of nitrogens with zero attached hydrogens (tertiary/aromatic N) is 3. The van der Waals surface area contributed by atoms with E-state index in [1.165, 1.54) is 0 Å². The number of sulfone groups is 1. The summed E-state index contributed by atoms with van der Waals surface area (Å²) in [7, 11) is -3.08. The van der Waals surface area contributed by atoms with Crippen molar-refractivity contribution in [2.75, 3.05) is 24.7 Å². The molecule has 8 nitrogen and oxygen atoms in total. The van der Waals surface area contributed by atoms with Gasteiger partial charge in [-0.25, -0.2) is 22.9 Å². The number of hydrogen-bond acceptors (Lipinski definition) is 7. The zero-order valence-electron chi connectivity index (χ0n) is 18.8. The molecule has 1 saturated carbocycles. The van der Waals surface area contributed by atoms with E-state index in [1.807, 2.05) is 44.2 Å². The maximum Gasteiger partial charge on any atom is 0.339 e. The maximum absolute atomic E-state index is 13.1. The Balaban J connectivity index is 1.39. The van der Waals surface area contributed by atoms with Crippen molar-refractivity contribution in [2.45, 2.75) is 45.1 Å². The summed E-state index contributed by atoms with van der Waals surface area (Å²) >= 11 is 0. The quantitative estimate of drug-likeness (QED) is 0.385. The Bertz CT molecular complexity index is 1330. The summed E-state index contributed by atoms with van der Waals surface area (Å²) in [4.78, 5) is 17.9. The van der Waals surface area contributed by atoms with Crippen LogP contribution in [0, 0.1) is 13.8 Å². The smallest absolute Gasteiger partial charge is 0.339 e. The highest BCUT2D eigenvalue weighted by Gasteiger charge is 2.34. The van der Waals surface area contributed by atoms with Crippen LogP contribution in [0.4, 0.5) is 0 Å². The molecule has 3 aromatic rings. The summed E-state index contributed by atoms with van der Waals surface area (Å²) in [6.07, 6.45) is 2.56. The highest BCUT2D eigenvalue weighted by Crippen LogP contribution is 2.41. The van der Waals surface area contributed by atoms with Gasteiger partial charge in [0.2, 0.25) is 0 Å². The summed E-state index contributed by atoms with van der Waals surface area (Å²) in [5, 5.41) is 5.24. The summed E-state index contributed by atoms with van der Waals surface area (Å²) in [6.45, 7) is 4.17. The standard InChI is InChI=1S/C24H27N3O5S/c1-15-4-3-5-19(12-15)31-9-10-32-24(28)20-13-21(17-6-7-17)25-23-22(20)16(2)26-27(23)18-8-11-33(29,30)14-18/h3-5,12-13,17-18H,6-11,14H2,1-2H3. The van der Waals surface area contributed by atoms with Crippen molar-refractivity contribution in [3.63, 3.8) is 0 Å². The predicted octanol–water partition coefficient (Wildman–Crippen LogP) is 3.52. The van der Waals surface area contributed by atoms with Gasteiger partial charge < -0.3 is 9.47 Å². The monoisotopic (exact) mass is 469 g/mol. The van der Waals surface area contributed by atoms with E-state index >= 15 is 0 Å². The molecule has 1 aliphatic heterocycles. The molecule has 1 unspecified atom stereocenters. The topological polar surface area (TPSA) is 100 Å². The van der Waals surface area contributed by atoms with E-state index in [-0.39, 0.29) is 30.8 Å². The molecule has 174 valence electrons. The fraction of sp³-hybridized carbons (Fsp3) is 0.458. The maximum atomic E-state index is 13.1. The molecule has 5 rings (SSSR count). The van der Waals surface area contributed by atoms with Crippen molar-refractivity contribution < 1.29 is 22.7 Å². The molecule has 0 spiro atoms. The van der Waals surface area contributed by atoms with E-state index in [2.05, 4.69) is 5.10 Å². The van der Waals surface area contributed by atoms with Gasteiger partial charge in [0.15, 0.2) is 15.5 Å². The van der Waals surface area contributed by atoms with Crippen LogP contribution in [-0.4, -0.2) is 53.9 Å². The van der Waals surface area contributed by atoms with Crippen LogP contribution in [0.2, 0.25) is 0 Å². The lowest BCUT2D eigenvalue weighted by atomic mass is 10.1. The molecule has 33 heavy (non-hydrogen) atoms. The number of carbonyl (C=O) groups excluding carboxylic acids is 1. The zero-order valence-corrected chi connectivity index (χ0v) is 19.6. The second-order valence-corrected chi connectivity index (χ2v) is 11.2. The molecule has 2 fully saturated rings. The number of pyridine rings is 1. The number of hydrogen-bond donors (Lipinski definition) is 0. The highest BCUT2D eigenvalue weighted by molar-refractivity contribution is 7.91. The molecule has 9 heteroatoms. The van der Waals surface area contributed by atoms with Crippen LogP contribution in [0.1, 0.15) is 58.5 Å². The Morgan fingerprint density at radius 2 is 1.97 bits per heavy atom. The van der Waals surface area contributed by atoms with Crippen molar-refractivity contribution in [1.82, 2.24) is 14.8 Å². The summed E-state index contributed by atoms with van der Waals surface area (Å²) in [5.41, 5.74) is 3.59. The Morgan fingerprint density at radius 1 is 1.15 bits per heavy atom. The SMILES string of the molecule is Cc1cccc(OCCOC(=O)c2cc(C3CC3)nc3c2c(C)nn3C2CCS(=O)(=O)C2)c1. The number of fused-ring (bicyclic) bond motifs is 1. The normalized spacial score (nSPS) is 19.6. The van der Waals surface area contributed by atoms with Crippen LogP contribution in [-0.2, 0) is 14.6 Å². The van der Waals surface area contributed by atoms with E-state index in [9.17, 15) is 13.2 Å². The molecule has 0 amide bonds. The van der Waals surface area contributed by atoms with Gasteiger partial charge in [-0.15, -0.1) is 0 Å². The number of aromatic nitrogens is 3. The second-order valence-electron chi connectivity index (χ2n) is 8.96. The van der Waals surface area contributed by atoms with E-state index in [0.29, 0.717) is 34.6 Å². The Hall–Kier alpha value is -2.94. The van der Waals surface area contributed by atoms with E-state index < -0.39 is 15.8 Å². The Morgan fingerprint density at radius 3 is 2.67 bits per heavy atom. The van der Waals surface area contributed by atoms with Gasteiger partial charge in [-0.2, -0.15) is 5.10 Å². The first-order chi connectivity index (χ1) is 15.8. The van der Waals surface area contributed by atoms with E-state index in [4.69, 9.17) is 14.5 Å². The third-order valence-electron chi connectivity index (χ3n) is 6.20. The first kappa shape index (κ1) is 21.9. The lowest BCUT2D eigenvalue weighted by Gasteiger charge is -2.12. The zero-order chi connectivity index (χ0) is 23.2. The first-order valence-corrected chi connectivity index (χ1v) is 13.1. The van der Waals surface area contributed by atoms with Gasteiger partial charge in [0, 0.05) is 11.6 Å². The molecule has 2 aromatic heterocycles. The van der Waals surface area contributed by atoms with E-state index in [0.717, 1.165) is 29.8 Å². The minimum atomic E-state index is -3.08. The second kappa shape index (κ2) is 8.44. The van der Waals surface area contributed by atoms with Crippen molar-refractivity contribution in [1.29, 1.82) is 0 Å². The molecule has 1 saturated heterocycles. The minimum absolute atomic E-state index is 0.0502. The number of aryl methyl sites for hydroxylation is 2. The number of ether oxygens (including phenoxy) is 2. The fourth-order valence-corrected chi connectivity index (χ4v) is 6.07. The number of benzene rings is 1. The fourth-order valence-electron chi connectivity index (χ4n) is 4.38. The van der Waals surface area contributed by atoms with Crippen molar-refractivity contribution >= 4 is 26.8 Å². The number of esters is 1. The van der Waals surface area contributed by atoms with Gasteiger partial charge in [0.25, 0.3) is 0 Å². The van der Waals surface area contributed by atoms with Crippen LogP contribution >= 0.6 is 0 Å². The van der Waals surface area contributed by atoms with Gasteiger partial charge >= 0.3 is 5.97 Å². The van der Waals surface area contributed by atoms with Crippen LogP contribution in [0.5, 0.6) is 5.75 Å². The van der Waals surface area contributed by atoms with Crippen molar-refractivity contribution in [3.05, 3.63) is 52.8 Å². The summed E-state index contributed by atoms with van der Waals surface area (Å²) < 4.78 is 37.0. The van der Waals surface area contributed by atoms with E-state index in [1.54, 1.807) is 4.68 Å². The molecule has 1 atom stereocenters. The molecule has 1 aromatic carbocycles. The molecular weight excluding hydrogens is 442 g/mol. The summed E-state index contributed by atoms with van der Waals surface area (Å²) in [6, 6.07) is 9.25. The molecule has 0 radical (unpaired) electrons.